The van der Waals surface area contributed by atoms with Crippen molar-refractivity contribution in [3.63, 3.8) is 0 Å². The normalized spacial score (nSPS) is 11.7. The molecule has 0 aliphatic rings. The zero-order valence-electron chi connectivity index (χ0n) is 23.2. The van der Waals surface area contributed by atoms with E-state index in [0.29, 0.717) is 39.5 Å². The molecule has 0 bridgehead atoms. The van der Waals surface area contributed by atoms with Gasteiger partial charge in [-0.2, -0.15) is 0 Å². The Kier molecular flexibility index (Phi) is 10.7. The summed E-state index contributed by atoms with van der Waals surface area (Å²) in [4.78, 5) is 51.3. The van der Waals surface area contributed by atoms with E-state index in [2.05, 4.69) is 16.0 Å². The predicted molar refractivity (Wildman–Crippen MR) is 172 cm³/mol. The third-order valence-electron chi connectivity index (χ3n) is 6.18. The van der Waals surface area contributed by atoms with Crippen LogP contribution in [0, 0.1) is 0 Å². The van der Waals surface area contributed by atoms with Gasteiger partial charge in [0.05, 0.1) is 5.25 Å². The number of carbonyl (C=O) groups excluding carboxylic acids is 4. The summed E-state index contributed by atoms with van der Waals surface area (Å²) in [6.07, 6.45) is 2.12. The molecule has 218 valence electrons. The highest BCUT2D eigenvalue weighted by Crippen LogP contribution is 2.29. The number of nitrogens with one attached hydrogen (secondary N) is 3. The van der Waals surface area contributed by atoms with Gasteiger partial charge >= 0.3 is 0 Å². The van der Waals surface area contributed by atoms with Crippen LogP contribution >= 0.6 is 23.4 Å². The second-order valence-electron chi connectivity index (χ2n) is 9.36. The van der Waals surface area contributed by atoms with Gasteiger partial charge in [0.1, 0.15) is 5.70 Å². The first-order valence-corrected chi connectivity index (χ1v) is 14.6. The molecular weight excluding hydrogens is 584 g/mol. The van der Waals surface area contributed by atoms with Crippen molar-refractivity contribution in [2.45, 2.75) is 23.5 Å². The number of nitrogens with two attached hydrogens (primary N) is 1. The van der Waals surface area contributed by atoms with Crippen LogP contribution in [-0.2, 0) is 9.59 Å². The highest BCUT2D eigenvalue weighted by molar-refractivity contribution is 8.00. The Balaban J connectivity index is 1.47. The maximum absolute atomic E-state index is 13.4. The molecule has 0 saturated heterocycles. The fraction of sp³-hybridized carbons (Fsp3) is 0.0909. The van der Waals surface area contributed by atoms with Crippen molar-refractivity contribution in [2.75, 3.05) is 10.6 Å². The zero-order chi connectivity index (χ0) is 30.8. The highest BCUT2D eigenvalue weighted by atomic mass is 35.5. The molecule has 0 aromatic heterocycles. The van der Waals surface area contributed by atoms with Crippen LogP contribution in [0.4, 0.5) is 11.4 Å². The lowest BCUT2D eigenvalue weighted by Gasteiger charge is -2.16. The topological polar surface area (TPSA) is 130 Å². The number of rotatable bonds is 11. The van der Waals surface area contributed by atoms with E-state index < -0.39 is 23.0 Å². The van der Waals surface area contributed by atoms with E-state index in [1.165, 1.54) is 11.8 Å². The number of carbonyl (C=O) groups is 4. The Morgan fingerprint density at radius 1 is 0.814 bits per heavy atom. The molecule has 1 unspecified atom stereocenters. The fourth-order valence-electron chi connectivity index (χ4n) is 3.94. The third-order valence-corrected chi connectivity index (χ3v) is 7.79. The molecule has 0 fully saturated rings. The number of benzene rings is 4. The molecule has 4 aromatic rings. The maximum atomic E-state index is 13.4. The van der Waals surface area contributed by atoms with Crippen LogP contribution in [0.15, 0.2) is 114 Å². The largest absolute Gasteiger partial charge is 0.366 e. The molecule has 8 nitrogen and oxygen atoms in total. The quantitative estimate of drug-likeness (QED) is 0.116. The van der Waals surface area contributed by atoms with Crippen LogP contribution in [-0.4, -0.2) is 28.9 Å². The smallest absolute Gasteiger partial charge is 0.272 e. The SMILES string of the molecule is CCC(Sc1cccc(NC(=O)/C(=C/c2ccc(Cl)cc2)NC(=O)c2ccccc2)c1)C(=O)Nc1ccc(C(N)=O)cc1. The van der Waals surface area contributed by atoms with E-state index in [-0.39, 0.29) is 11.6 Å². The first kappa shape index (κ1) is 31.1. The summed E-state index contributed by atoms with van der Waals surface area (Å²) in [6.45, 7) is 1.91. The molecule has 5 N–H and O–H groups in total. The zero-order valence-corrected chi connectivity index (χ0v) is 24.7. The number of anilines is 2. The molecule has 10 heteroatoms. The van der Waals surface area contributed by atoms with Crippen molar-refractivity contribution in [3.8, 4) is 0 Å². The lowest BCUT2D eigenvalue weighted by atomic mass is 10.1. The van der Waals surface area contributed by atoms with Gasteiger partial charge in [0, 0.05) is 32.4 Å². The van der Waals surface area contributed by atoms with Crippen LogP contribution in [0.5, 0.6) is 0 Å². The van der Waals surface area contributed by atoms with Gasteiger partial charge in [-0.25, -0.2) is 0 Å². The van der Waals surface area contributed by atoms with E-state index in [1.54, 1.807) is 103 Å². The average Bonchev–Trinajstić information content (AvgIpc) is 3.01. The summed E-state index contributed by atoms with van der Waals surface area (Å²) in [5, 5.41) is 8.54. The Morgan fingerprint density at radius 3 is 2.16 bits per heavy atom. The van der Waals surface area contributed by atoms with Gasteiger partial charge in [-0.15, -0.1) is 11.8 Å². The van der Waals surface area contributed by atoms with Gasteiger partial charge in [0.2, 0.25) is 11.8 Å². The van der Waals surface area contributed by atoms with Gasteiger partial charge in [-0.05, 0) is 84.8 Å². The standard InChI is InChI=1S/C33H29ClN4O4S/c1-2-29(33(42)36-25-17-13-22(14-18-25)30(35)39)43-27-10-6-9-26(20-27)37-32(41)28(19-21-11-15-24(34)16-12-21)38-31(40)23-7-4-3-5-8-23/h3-20,29H,2H2,1H3,(H2,35,39)(H,36,42)(H,37,41)(H,38,40)/b28-19-. The van der Waals surface area contributed by atoms with Crippen LogP contribution in [0.1, 0.15) is 39.6 Å². The molecule has 1 atom stereocenters. The summed E-state index contributed by atoms with van der Waals surface area (Å²) in [6, 6.07) is 28.9. The molecule has 0 saturated carbocycles. The Labute approximate surface area is 258 Å². The van der Waals surface area contributed by atoms with E-state index in [0.717, 1.165) is 4.90 Å². The Bertz CT molecular complexity index is 1640. The van der Waals surface area contributed by atoms with Gasteiger partial charge in [0.25, 0.3) is 11.8 Å². The lowest BCUT2D eigenvalue weighted by Crippen LogP contribution is -2.30. The molecule has 0 aliphatic carbocycles. The minimum atomic E-state index is -0.544. The second kappa shape index (κ2) is 14.9. The summed E-state index contributed by atoms with van der Waals surface area (Å²) in [5.74, 6) is -1.70. The molecule has 0 spiro atoms. The number of halogens is 1. The Morgan fingerprint density at radius 2 is 1.51 bits per heavy atom. The van der Waals surface area contributed by atoms with Crippen molar-refractivity contribution < 1.29 is 19.2 Å². The van der Waals surface area contributed by atoms with Crippen molar-refractivity contribution in [3.05, 3.63) is 131 Å². The molecule has 0 heterocycles. The third kappa shape index (κ3) is 9.06. The van der Waals surface area contributed by atoms with Gasteiger partial charge in [-0.1, -0.05) is 54.9 Å². The van der Waals surface area contributed by atoms with E-state index in [4.69, 9.17) is 17.3 Å². The van der Waals surface area contributed by atoms with Gasteiger partial charge < -0.3 is 21.7 Å². The predicted octanol–water partition coefficient (Wildman–Crippen LogP) is 6.36. The number of thioether (sulfide) groups is 1. The number of hydrogen-bond donors (Lipinski definition) is 4. The molecule has 4 amide bonds. The van der Waals surface area contributed by atoms with Gasteiger partial charge in [-0.3, -0.25) is 19.2 Å². The molecule has 4 rings (SSSR count). The van der Waals surface area contributed by atoms with E-state index in [1.807, 2.05) is 13.0 Å². The monoisotopic (exact) mass is 612 g/mol. The number of amides is 4. The first-order valence-electron chi connectivity index (χ1n) is 13.3. The highest BCUT2D eigenvalue weighted by Gasteiger charge is 2.19. The van der Waals surface area contributed by atoms with Crippen molar-refractivity contribution in [2.24, 2.45) is 5.73 Å². The first-order chi connectivity index (χ1) is 20.7. The van der Waals surface area contributed by atoms with Crippen LogP contribution < -0.4 is 21.7 Å². The summed E-state index contributed by atoms with van der Waals surface area (Å²) < 4.78 is 0. The van der Waals surface area contributed by atoms with Gasteiger partial charge in [0.15, 0.2) is 0 Å². The minimum absolute atomic E-state index is 0.0439. The number of hydrogen-bond acceptors (Lipinski definition) is 5. The summed E-state index contributed by atoms with van der Waals surface area (Å²) in [7, 11) is 0. The Hall–Kier alpha value is -4.86. The van der Waals surface area contributed by atoms with Crippen molar-refractivity contribution in [1.82, 2.24) is 5.32 Å². The fourth-order valence-corrected chi connectivity index (χ4v) is 5.08. The lowest BCUT2D eigenvalue weighted by molar-refractivity contribution is -0.116. The number of primary amides is 1. The molecule has 0 aliphatic heterocycles. The maximum Gasteiger partial charge on any atom is 0.272 e. The molecule has 0 radical (unpaired) electrons. The van der Waals surface area contributed by atoms with Crippen LogP contribution in [0.2, 0.25) is 5.02 Å². The summed E-state index contributed by atoms with van der Waals surface area (Å²) in [5.41, 5.74) is 7.80. The van der Waals surface area contributed by atoms with E-state index in [9.17, 15) is 19.2 Å². The molecule has 4 aromatic carbocycles. The van der Waals surface area contributed by atoms with E-state index >= 15 is 0 Å². The minimum Gasteiger partial charge on any atom is -0.366 e. The van der Waals surface area contributed by atoms with Crippen LogP contribution in [0.25, 0.3) is 6.08 Å². The summed E-state index contributed by atoms with van der Waals surface area (Å²) >= 11 is 7.36. The van der Waals surface area contributed by atoms with Crippen molar-refractivity contribution >= 4 is 64.4 Å². The second-order valence-corrected chi connectivity index (χ2v) is 11.1. The van der Waals surface area contributed by atoms with Crippen LogP contribution in [0.3, 0.4) is 0 Å². The average molecular weight is 613 g/mol. The molecular formula is C33H29ClN4O4S. The van der Waals surface area contributed by atoms with Crippen molar-refractivity contribution in [1.29, 1.82) is 0 Å². The molecule has 43 heavy (non-hydrogen) atoms.